The maximum Gasteiger partial charge on any atom is 0.341 e. The zero-order valence-corrected chi connectivity index (χ0v) is 21.9. The molecular weight excluding hydrogens is 502 g/mol. The van der Waals surface area contributed by atoms with Gasteiger partial charge < -0.3 is 14.8 Å². The van der Waals surface area contributed by atoms with Gasteiger partial charge in [-0.15, -0.1) is 11.3 Å². The van der Waals surface area contributed by atoms with Crippen molar-refractivity contribution in [2.24, 2.45) is 0 Å². The summed E-state index contributed by atoms with van der Waals surface area (Å²) in [6.45, 7) is 10.1. The quantitative estimate of drug-likeness (QED) is 0.335. The average Bonchev–Trinajstić information content (AvgIpc) is 3.16. The van der Waals surface area contributed by atoms with Gasteiger partial charge in [-0.3, -0.25) is 4.79 Å². The number of carbonyl (C=O) groups is 2. The number of ether oxygens (including phenoxy) is 2. The molecule has 2 aromatic carbocycles. The van der Waals surface area contributed by atoms with Crippen LogP contribution in [-0.2, 0) is 14.9 Å². The van der Waals surface area contributed by atoms with Crippen LogP contribution < -0.4 is 10.1 Å². The van der Waals surface area contributed by atoms with Crippen LogP contribution in [-0.4, -0.2) is 25.1 Å². The number of halogens is 1. The van der Waals surface area contributed by atoms with Gasteiger partial charge in [-0.2, -0.15) is 0 Å². The molecule has 5 nitrogen and oxygen atoms in total. The summed E-state index contributed by atoms with van der Waals surface area (Å²) >= 11 is 4.79. The van der Waals surface area contributed by atoms with Gasteiger partial charge in [0, 0.05) is 21.0 Å². The third-order valence-corrected chi connectivity index (χ3v) is 6.38. The Kier molecular flexibility index (Phi) is 7.97. The van der Waals surface area contributed by atoms with E-state index in [2.05, 4.69) is 42.0 Å². The van der Waals surface area contributed by atoms with Crippen molar-refractivity contribution in [2.75, 3.05) is 18.5 Å². The van der Waals surface area contributed by atoms with Crippen molar-refractivity contribution in [3.8, 4) is 16.9 Å². The molecule has 0 atom stereocenters. The summed E-state index contributed by atoms with van der Waals surface area (Å²) in [5, 5.41) is 5.15. The highest BCUT2D eigenvalue weighted by atomic mass is 79.9. The molecule has 0 saturated carbocycles. The van der Waals surface area contributed by atoms with Crippen molar-refractivity contribution >= 4 is 44.1 Å². The van der Waals surface area contributed by atoms with Crippen LogP contribution in [0.15, 0.2) is 52.3 Å². The number of esters is 1. The summed E-state index contributed by atoms with van der Waals surface area (Å²) in [7, 11) is 0. The molecule has 1 amide bonds. The molecule has 0 aliphatic heterocycles. The molecule has 0 aliphatic carbocycles. The van der Waals surface area contributed by atoms with E-state index in [0.29, 0.717) is 16.3 Å². The van der Waals surface area contributed by atoms with E-state index in [4.69, 9.17) is 9.47 Å². The minimum atomic E-state index is -0.464. The molecule has 1 heterocycles. The van der Waals surface area contributed by atoms with Crippen LogP contribution in [0.3, 0.4) is 0 Å². The molecule has 1 aromatic heterocycles. The molecule has 3 aromatic rings. The molecule has 33 heavy (non-hydrogen) atoms. The lowest BCUT2D eigenvalue weighted by Gasteiger charge is -2.23. The zero-order chi connectivity index (χ0) is 24.2. The lowest BCUT2D eigenvalue weighted by Crippen LogP contribution is -2.22. The zero-order valence-electron chi connectivity index (χ0n) is 19.5. The van der Waals surface area contributed by atoms with Crippen LogP contribution >= 0.6 is 27.3 Å². The molecule has 0 spiro atoms. The number of carbonyl (C=O) groups excluding carboxylic acids is 2. The smallest absolute Gasteiger partial charge is 0.341 e. The summed E-state index contributed by atoms with van der Waals surface area (Å²) < 4.78 is 12.1. The van der Waals surface area contributed by atoms with Crippen LogP contribution in [0.2, 0.25) is 0 Å². The van der Waals surface area contributed by atoms with Crippen molar-refractivity contribution in [3.05, 3.63) is 69.0 Å². The fourth-order valence-corrected chi connectivity index (χ4v) is 4.66. The number of hydrogen-bond acceptors (Lipinski definition) is 5. The van der Waals surface area contributed by atoms with Gasteiger partial charge in [0.05, 0.1) is 6.61 Å². The number of aryl methyl sites for hydroxylation is 1. The van der Waals surface area contributed by atoms with Gasteiger partial charge in [0.2, 0.25) is 0 Å². The molecule has 0 saturated heterocycles. The molecule has 174 valence electrons. The molecule has 1 N–H and O–H groups in total. The van der Waals surface area contributed by atoms with Gasteiger partial charge in [0.1, 0.15) is 16.3 Å². The summed E-state index contributed by atoms with van der Waals surface area (Å²) in [5.74, 6) is -0.160. The van der Waals surface area contributed by atoms with Crippen molar-refractivity contribution in [2.45, 2.75) is 40.0 Å². The first-order chi connectivity index (χ1) is 15.6. The second kappa shape index (κ2) is 10.5. The van der Waals surface area contributed by atoms with Crippen LogP contribution in [0.5, 0.6) is 5.75 Å². The summed E-state index contributed by atoms with van der Waals surface area (Å²) in [4.78, 5) is 25.5. The Hall–Kier alpha value is -2.64. The number of anilines is 1. The van der Waals surface area contributed by atoms with Crippen LogP contribution in [0, 0.1) is 6.92 Å². The maximum absolute atomic E-state index is 12.7. The number of benzene rings is 2. The molecule has 0 radical (unpaired) electrons. The fraction of sp³-hybridized carbons (Fsp3) is 0.308. The second-order valence-electron chi connectivity index (χ2n) is 8.67. The predicted octanol–water partition coefficient (Wildman–Crippen LogP) is 6.98. The molecule has 7 heteroatoms. The first-order valence-corrected chi connectivity index (χ1v) is 12.4. The average molecular weight is 530 g/mol. The lowest BCUT2D eigenvalue weighted by molar-refractivity contribution is -0.118. The van der Waals surface area contributed by atoms with E-state index in [1.54, 1.807) is 6.92 Å². The number of hydrogen-bond donors (Lipinski definition) is 1. The Bertz CT molecular complexity index is 1150. The van der Waals surface area contributed by atoms with E-state index in [1.165, 1.54) is 11.3 Å². The molecule has 0 bridgehead atoms. The SMILES string of the molecule is CCOC(=O)c1c(-c2ccc(C)cc2)csc1NC(=O)COc1ccc(Br)cc1C(C)(C)C. The Balaban J connectivity index is 1.81. The third-order valence-electron chi connectivity index (χ3n) is 4.99. The number of nitrogens with one attached hydrogen (secondary N) is 1. The fourth-order valence-electron chi connectivity index (χ4n) is 3.32. The Labute approximate surface area is 207 Å². The highest BCUT2D eigenvalue weighted by Crippen LogP contribution is 2.37. The van der Waals surface area contributed by atoms with Gasteiger partial charge in [-0.1, -0.05) is 66.5 Å². The monoisotopic (exact) mass is 529 g/mol. The first-order valence-electron chi connectivity index (χ1n) is 10.7. The van der Waals surface area contributed by atoms with Crippen molar-refractivity contribution in [3.63, 3.8) is 0 Å². The Morgan fingerprint density at radius 2 is 1.79 bits per heavy atom. The maximum atomic E-state index is 12.7. The minimum Gasteiger partial charge on any atom is -0.483 e. The Morgan fingerprint density at radius 1 is 1.09 bits per heavy atom. The van der Waals surface area contributed by atoms with Gasteiger partial charge >= 0.3 is 5.97 Å². The molecule has 0 aliphatic rings. The topological polar surface area (TPSA) is 64.6 Å². The van der Waals surface area contributed by atoms with Crippen LogP contribution in [0.25, 0.3) is 11.1 Å². The van der Waals surface area contributed by atoms with E-state index in [-0.39, 0.29) is 24.5 Å². The molecule has 0 unspecified atom stereocenters. The van der Waals surface area contributed by atoms with E-state index >= 15 is 0 Å². The lowest BCUT2D eigenvalue weighted by atomic mass is 9.86. The van der Waals surface area contributed by atoms with E-state index in [9.17, 15) is 9.59 Å². The standard InChI is InChI=1S/C26H28BrNO4S/c1-6-31-25(30)23-19(17-9-7-16(2)8-10-17)15-33-24(23)28-22(29)14-32-21-12-11-18(27)13-20(21)26(3,4)5/h7-13,15H,6,14H2,1-5H3,(H,28,29). The normalized spacial score (nSPS) is 11.2. The molecule has 3 rings (SSSR count). The summed E-state index contributed by atoms with van der Waals surface area (Å²) in [5.41, 5.74) is 3.95. The minimum absolute atomic E-state index is 0.149. The van der Waals surface area contributed by atoms with E-state index in [1.807, 2.05) is 54.8 Å². The van der Waals surface area contributed by atoms with Crippen LogP contribution in [0.1, 0.15) is 49.2 Å². The highest BCUT2D eigenvalue weighted by molar-refractivity contribution is 9.10. The number of amides is 1. The van der Waals surface area contributed by atoms with Gasteiger partial charge in [0.25, 0.3) is 5.91 Å². The second-order valence-corrected chi connectivity index (χ2v) is 10.5. The van der Waals surface area contributed by atoms with E-state index < -0.39 is 5.97 Å². The largest absolute Gasteiger partial charge is 0.483 e. The number of thiophene rings is 1. The highest BCUT2D eigenvalue weighted by Gasteiger charge is 2.24. The molecule has 0 fully saturated rings. The van der Waals surface area contributed by atoms with Gasteiger partial charge in [0.15, 0.2) is 6.61 Å². The molecular formula is C26H28BrNO4S. The summed E-state index contributed by atoms with van der Waals surface area (Å²) in [6.07, 6.45) is 0. The third kappa shape index (κ3) is 6.24. The van der Waals surface area contributed by atoms with E-state index in [0.717, 1.165) is 26.7 Å². The van der Waals surface area contributed by atoms with Crippen molar-refractivity contribution < 1.29 is 19.1 Å². The predicted molar refractivity (Wildman–Crippen MR) is 137 cm³/mol. The van der Waals surface area contributed by atoms with Crippen LogP contribution in [0.4, 0.5) is 5.00 Å². The van der Waals surface area contributed by atoms with Gasteiger partial charge in [-0.25, -0.2) is 4.79 Å². The Morgan fingerprint density at radius 3 is 2.42 bits per heavy atom. The first kappa shape index (κ1) is 25.0. The van der Waals surface area contributed by atoms with Crippen molar-refractivity contribution in [1.82, 2.24) is 0 Å². The summed E-state index contributed by atoms with van der Waals surface area (Å²) in [6, 6.07) is 13.6. The number of rotatable bonds is 7. The van der Waals surface area contributed by atoms with Gasteiger partial charge in [-0.05, 0) is 43.0 Å². The van der Waals surface area contributed by atoms with Crippen molar-refractivity contribution in [1.29, 1.82) is 0 Å².